The van der Waals surface area contributed by atoms with Crippen molar-refractivity contribution in [2.75, 3.05) is 11.9 Å². The second kappa shape index (κ2) is 7.44. The lowest BCUT2D eigenvalue weighted by molar-refractivity contribution is -0.118. The van der Waals surface area contributed by atoms with Crippen molar-refractivity contribution >= 4 is 22.6 Å². The Kier molecular flexibility index (Phi) is 5.07. The van der Waals surface area contributed by atoms with Gasteiger partial charge >= 0.3 is 5.63 Å². The third-order valence-electron chi connectivity index (χ3n) is 4.21. The minimum absolute atomic E-state index is 0.128. The van der Waals surface area contributed by atoms with Gasteiger partial charge in [-0.25, -0.2) is 4.79 Å². The SMILES string of the molecule is CCc1cc(=O)oc2cc(OCC(=O)Nc3ccc(C)cc3C)ccc12. The minimum atomic E-state index is -0.390. The minimum Gasteiger partial charge on any atom is -0.484 e. The molecule has 0 spiro atoms. The Labute approximate surface area is 151 Å². The molecule has 1 heterocycles. The van der Waals surface area contributed by atoms with Crippen LogP contribution in [0.4, 0.5) is 5.69 Å². The Balaban J connectivity index is 1.71. The summed E-state index contributed by atoms with van der Waals surface area (Å²) >= 11 is 0. The molecule has 0 fully saturated rings. The molecule has 5 heteroatoms. The molecule has 3 rings (SSSR count). The zero-order chi connectivity index (χ0) is 18.7. The lowest BCUT2D eigenvalue weighted by Crippen LogP contribution is -2.20. The fourth-order valence-corrected chi connectivity index (χ4v) is 2.88. The maximum absolute atomic E-state index is 12.1. The van der Waals surface area contributed by atoms with Crippen LogP contribution in [0, 0.1) is 13.8 Å². The van der Waals surface area contributed by atoms with E-state index in [0.29, 0.717) is 11.3 Å². The molecule has 3 aromatic rings. The smallest absolute Gasteiger partial charge is 0.336 e. The number of carbonyl (C=O) groups is 1. The lowest BCUT2D eigenvalue weighted by atomic mass is 10.1. The molecule has 0 atom stereocenters. The van der Waals surface area contributed by atoms with Gasteiger partial charge in [0.05, 0.1) is 0 Å². The van der Waals surface area contributed by atoms with Gasteiger partial charge in [-0.05, 0) is 49.6 Å². The summed E-state index contributed by atoms with van der Waals surface area (Å²) in [5.74, 6) is 0.227. The second-order valence-corrected chi connectivity index (χ2v) is 6.26. The zero-order valence-electron chi connectivity index (χ0n) is 15.1. The maximum atomic E-state index is 12.1. The van der Waals surface area contributed by atoms with Crippen molar-refractivity contribution in [1.29, 1.82) is 0 Å². The third-order valence-corrected chi connectivity index (χ3v) is 4.21. The molecule has 2 aromatic carbocycles. The molecule has 0 saturated heterocycles. The largest absolute Gasteiger partial charge is 0.484 e. The molecule has 0 aliphatic carbocycles. The van der Waals surface area contributed by atoms with Gasteiger partial charge in [0.1, 0.15) is 11.3 Å². The summed E-state index contributed by atoms with van der Waals surface area (Å²) in [4.78, 5) is 23.8. The van der Waals surface area contributed by atoms with E-state index in [1.807, 2.05) is 45.0 Å². The van der Waals surface area contributed by atoms with Crippen LogP contribution >= 0.6 is 0 Å². The number of anilines is 1. The van der Waals surface area contributed by atoms with Crippen LogP contribution in [-0.4, -0.2) is 12.5 Å². The van der Waals surface area contributed by atoms with Crippen LogP contribution < -0.4 is 15.7 Å². The molecular formula is C21H21NO4. The molecule has 0 radical (unpaired) electrons. The number of aryl methyl sites for hydroxylation is 3. The van der Waals surface area contributed by atoms with E-state index in [1.165, 1.54) is 6.07 Å². The van der Waals surface area contributed by atoms with Crippen molar-refractivity contribution in [2.45, 2.75) is 27.2 Å². The molecule has 1 aromatic heterocycles. The number of rotatable bonds is 5. The van der Waals surface area contributed by atoms with E-state index >= 15 is 0 Å². The summed E-state index contributed by atoms with van der Waals surface area (Å²) in [6.45, 7) is 5.80. The van der Waals surface area contributed by atoms with E-state index in [9.17, 15) is 9.59 Å². The molecule has 1 amide bonds. The first-order valence-electron chi connectivity index (χ1n) is 8.53. The number of amides is 1. The van der Waals surface area contributed by atoms with E-state index in [4.69, 9.17) is 9.15 Å². The Morgan fingerprint density at radius 1 is 1.12 bits per heavy atom. The van der Waals surface area contributed by atoms with Gasteiger partial charge in [0.25, 0.3) is 5.91 Å². The van der Waals surface area contributed by atoms with Crippen molar-refractivity contribution in [3.8, 4) is 5.75 Å². The van der Waals surface area contributed by atoms with E-state index in [2.05, 4.69) is 5.32 Å². The van der Waals surface area contributed by atoms with Gasteiger partial charge in [-0.3, -0.25) is 4.79 Å². The molecule has 5 nitrogen and oxygen atoms in total. The van der Waals surface area contributed by atoms with Crippen molar-refractivity contribution in [3.63, 3.8) is 0 Å². The Hall–Kier alpha value is -3.08. The highest BCUT2D eigenvalue weighted by molar-refractivity contribution is 5.92. The quantitative estimate of drug-likeness (QED) is 0.706. The number of nitrogens with one attached hydrogen (secondary N) is 1. The average Bonchev–Trinajstić information content (AvgIpc) is 2.61. The zero-order valence-corrected chi connectivity index (χ0v) is 15.1. The summed E-state index contributed by atoms with van der Waals surface area (Å²) in [5, 5.41) is 3.71. The molecular weight excluding hydrogens is 330 g/mol. The van der Waals surface area contributed by atoms with Gasteiger partial charge in [0.15, 0.2) is 6.61 Å². The van der Waals surface area contributed by atoms with Crippen LogP contribution in [0.25, 0.3) is 11.0 Å². The molecule has 26 heavy (non-hydrogen) atoms. The maximum Gasteiger partial charge on any atom is 0.336 e. The average molecular weight is 351 g/mol. The van der Waals surface area contributed by atoms with E-state index in [1.54, 1.807) is 12.1 Å². The molecule has 0 saturated carbocycles. The summed E-state index contributed by atoms with van der Waals surface area (Å²) < 4.78 is 10.8. The van der Waals surface area contributed by atoms with Crippen LogP contribution in [0.15, 0.2) is 51.7 Å². The summed E-state index contributed by atoms with van der Waals surface area (Å²) in [7, 11) is 0. The second-order valence-electron chi connectivity index (χ2n) is 6.26. The molecule has 0 bridgehead atoms. The topological polar surface area (TPSA) is 68.5 Å². The van der Waals surface area contributed by atoms with Gasteiger partial charge in [-0.15, -0.1) is 0 Å². The fraction of sp³-hybridized carbons (Fsp3) is 0.238. The van der Waals surface area contributed by atoms with Crippen LogP contribution in [0.5, 0.6) is 5.75 Å². The number of fused-ring (bicyclic) bond motifs is 1. The van der Waals surface area contributed by atoms with Gasteiger partial charge in [0.2, 0.25) is 0 Å². The predicted molar refractivity (Wildman–Crippen MR) is 102 cm³/mol. The summed E-state index contributed by atoms with van der Waals surface area (Å²) in [6, 6.07) is 12.6. The molecule has 0 aliphatic rings. The number of hydrogen-bond acceptors (Lipinski definition) is 4. The summed E-state index contributed by atoms with van der Waals surface area (Å²) in [5.41, 5.74) is 3.90. The number of ether oxygens (including phenoxy) is 1. The third kappa shape index (κ3) is 3.94. The van der Waals surface area contributed by atoms with Crippen LogP contribution in [0.1, 0.15) is 23.6 Å². The molecule has 1 N–H and O–H groups in total. The first-order chi connectivity index (χ1) is 12.5. The van der Waals surface area contributed by atoms with Gasteiger partial charge in [0, 0.05) is 23.2 Å². The first-order valence-corrected chi connectivity index (χ1v) is 8.53. The highest BCUT2D eigenvalue weighted by atomic mass is 16.5. The monoisotopic (exact) mass is 351 g/mol. The Bertz CT molecular complexity index is 1020. The predicted octanol–water partition coefficient (Wildman–Crippen LogP) is 3.99. The van der Waals surface area contributed by atoms with Crippen molar-refractivity contribution < 1.29 is 13.9 Å². The highest BCUT2D eigenvalue weighted by Crippen LogP contribution is 2.23. The number of benzene rings is 2. The standard InChI is InChI=1S/C21H21NO4/c1-4-15-10-21(24)26-19-11-16(6-7-17(15)19)25-12-20(23)22-18-8-5-13(2)9-14(18)3/h5-11H,4,12H2,1-3H3,(H,22,23). The molecule has 134 valence electrons. The normalized spacial score (nSPS) is 10.7. The molecule has 0 unspecified atom stereocenters. The van der Waals surface area contributed by atoms with Crippen LogP contribution in [0.2, 0.25) is 0 Å². The first kappa shape index (κ1) is 17.7. The van der Waals surface area contributed by atoms with Crippen molar-refractivity contribution in [2.24, 2.45) is 0 Å². The van der Waals surface area contributed by atoms with Crippen molar-refractivity contribution in [3.05, 3.63) is 69.6 Å². The van der Waals surface area contributed by atoms with E-state index < -0.39 is 0 Å². The van der Waals surface area contributed by atoms with Gasteiger partial charge in [-0.2, -0.15) is 0 Å². The van der Waals surface area contributed by atoms with Crippen LogP contribution in [-0.2, 0) is 11.2 Å². The van der Waals surface area contributed by atoms with Gasteiger partial charge in [-0.1, -0.05) is 24.6 Å². The van der Waals surface area contributed by atoms with E-state index in [-0.39, 0.29) is 18.1 Å². The van der Waals surface area contributed by atoms with Crippen LogP contribution in [0.3, 0.4) is 0 Å². The number of carbonyl (C=O) groups excluding carboxylic acids is 1. The van der Waals surface area contributed by atoms with Crippen molar-refractivity contribution in [1.82, 2.24) is 0 Å². The summed E-state index contributed by atoms with van der Waals surface area (Å²) in [6.07, 6.45) is 0.737. The highest BCUT2D eigenvalue weighted by Gasteiger charge is 2.09. The van der Waals surface area contributed by atoms with E-state index in [0.717, 1.165) is 34.2 Å². The Morgan fingerprint density at radius 2 is 1.92 bits per heavy atom. The Morgan fingerprint density at radius 3 is 2.65 bits per heavy atom. The number of hydrogen-bond donors (Lipinski definition) is 1. The molecule has 0 aliphatic heterocycles. The lowest BCUT2D eigenvalue weighted by Gasteiger charge is -2.11. The van der Waals surface area contributed by atoms with Gasteiger partial charge < -0.3 is 14.5 Å². The fourth-order valence-electron chi connectivity index (χ4n) is 2.88.